The number of rotatable bonds is 2. The van der Waals surface area contributed by atoms with Crippen LogP contribution < -0.4 is 4.90 Å². The summed E-state index contributed by atoms with van der Waals surface area (Å²) in [7, 11) is 0. The zero-order valence-electron chi connectivity index (χ0n) is 15.7. The first-order chi connectivity index (χ1) is 13.9. The molecule has 0 unspecified atom stereocenters. The Hall–Kier alpha value is -2.32. The van der Waals surface area contributed by atoms with Gasteiger partial charge in [0.25, 0.3) is 0 Å². The fraction of sp³-hybridized carbons (Fsp3) is 0.450. The molecule has 0 aliphatic carbocycles. The van der Waals surface area contributed by atoms with E-state index in [1.807, 2.05) is 0 Å². The van der Waals surface area contributed by atoms with Gasteiger partial charge in [0.15, 0.2) is 5.15 Å². The molecule has 1 aromatic heterocycles. The Balaban J connectivity index is 1.35. The molecule has 0 radical (unpaired) electrons. The molecule has 0 N–H and O–H groups in total. The molecular formula is C20H20ClF2N5O. The first kappa shape index (κ1) is 18.7. The number of piperidine rings is 1. The predicted molar refractivity (Wildman–Crippen MR) is 103 cm³/mol. The molecular weight excluding hydrogens is 400 g/mol. The number of fused-ring (bicyclic) bond motifs is 1. The number of aromatic nitrogens is 2. The van der Waals surface area contributed by atoms with Crippen molar-refractivity contribution in [2.45, 2.75) is 25.3 Å². The van der Waals surface area contributed by atoms with Crippen molar-refractivity contribution in [3.8, 4) is 0 Å². The molecule has 6 nitrogen and oxygen atoms in total. The predicted octanol–water partition coefficient (Wildman–Crippen LogP) is 3.20. The number of benzene rings is 1. The van der Waals surface area contributed by atoms with E-state index in [2.05, 4.69) is 20.1 Å². The molecule has 1 spiro atoms. The van der Waals surface area contributed by atoms with Gasteiger partial charge in [-0.25, -0.2) is 13.8 Å². The highest BCUT2D eigenvalue weighted by molar-refractivity contribution is 6.29. The summed E-state index contributed by atoms with van der Waals surface area (Å²) in [5.41, 5.74) is 0.968. The molecule has 152 valence electrons. The van der Waals surface area contributed by atoms with Gasteiger partial charge in [0.1, 0.15) is 11.6 Å². The number of halogens is 3. The SMILES string of the molecule is O=C1N2[C@H](c3cc(F)cc(F)c3)CCN2CC12CCN(c1cnnc(Cl)c1)CC2. The molecule has 0 saturated carbocycles. The Morgan fingerprint density at radius 1 is 1.07 bits per heavy atom. The average molecular weight is 420 g/mol. The minimum absolute atomic E-state index is 0.0650. The molecule has 5 rings (SSSR count). The van der Waals surface area contributed by atoms with Gasteiger partial charge in [-0.2, -0.15) is 5.10 Å². The summed E-state index contributed by atoms with van der Waals surface area (Å²) in [5.74, 6) is -1.16. The summed E-state index contributed by atoms with van der Waals surface area (Å²) >= 11 is 5.95. The zero-order chi connectivity index (χ0) is 20.2. The number of carbonyl (C=O) groups is 1. The molecule has 3 saturated heterocycles. The van der Waals surface area contributed by atoms with E-state index >= 15 is 0 Å². The summed E-state index contributed by atoms with van der Waals surface area (Å²) in [5, 5.41) is 11.8. The Kier molecular flexibility index (Phi) is 4.43. The fourth-order valence-electron chi connectivity index (χ4n) is 4.93. The number of anilines is 1. The number of hydrogen-bond donors (Lipinski definition) is 0. The van der Waals surface area contributed by atoms with E-state index in [1.165, 1.54) is 12.1 Å². The van der Waals surface area contributed by atoms with Crippen LogP contribution in [0.2, 0.25) is 5.15 Å². The highest BCUT2D eigenvalue weighted by Gasteiger charge is 2.56. The van der Waals surface area contributed by atoms with Crippen molar-refractivity contribution < 1.29 is 13.6 Å². The van der Waals surface area contributed by atoms with Crippen LogP contribution >= 0.6 is 11.6 Å². The van der Waals surface area contributed by atoms with Gasteiger partial charge in [-0.3, -0.25) is 9.80 Å². The normalized spacial score (nSPS) is 23.8. The summed E-state index contributed by atoms with van der Waals surface area (Å²) in [6, 6.07) is 4.99. The number of hydrogen-bond acceptors (Lipinski definition) is 5. The van der Waals surface area contributed by atoms with Crippen LogP contribution in [-0.4, -0.2) is 52.3 Å². The minimum atomic E-state index is -0.613. The minimum Gasteiger partial charge on any atom is -0.370 e. The molecule has 1 aromatic carbocycles. The first-order valence-electron chi connectivity index (χ1n) is 9.73. The monoisotopic (exact) mass is 419 g/mol. The topological polar surface area (TPSA) is 52.6 Å². The smallest absolute Gasteiger partial charge is 0.245 e. The summed E-state index contributed by atoms with van der Waals surface area (Å²) < 4.78 is 27.4. The van der Waals surface area contributed by atoms with Crippen LogP contribution in [0.3, 0.4) is 0 Å². The number of nitrogens with zero attached hydrogens (tertiary/aromatic N) is 5. The van der Waals surface area contributed by atoms with Crippen LogP contribution in [0, 0.1) is 17.0 Å². The van der Waals surface area contributed by atoms with Gasteiger partial charge in [-0.15, -0.1) is 5.10 Å². The highest BCUT2D eigenvalue weighted by Crippen LogP contribution is 2.47. The molecule has 3 aliphatic rings. The van der Waals surface area contributed by atoms with Crippen LogP contribution in [0.4, 0.5) is 14.5 Å². The number of carbonyl (C=O) groups excluding carboxylic acids is 1. The van der Waals surface area contributed by atoms with Crippen LogP contribution in [0.1, 0.15) is 30.9 Å². The van der Waals surface area contributed by atoms with Crippen molar-refractivity contribution in [2.24, 2.45) is 5.41 Å². The Labute approximate surface area is 172 Å². The maximum Gasteiger partial charge on any atom is 0.245 e. The lowest BCUT2D eigenvalue weighted by atomic mass is 9.77. The largest absolute Gasteiger partial charge is 0.370 e. The van der Waals surface area contributed by atoms with Crippen molar-refractivity contribution in [1.29, 1.82) is 0 Å². The van der Waals surface area contributed by atoms with Crippen LogP contribution in [0.5, 0.6) is 0 Å². The lowest BCUT2D eigenvalue weighted by molar-refractivity contribution is -0.143. The van der Waals surface area contributed by atoms with Crippen LogP contribution in [0.15, 0.2) is 30.5 Å². The molecule has 3 fully saturated rings. The van der Waals surface area contributed by atoms with E-state index < -0.39 is 17.0 Å². The lowest BCUT2D eigenvalue weighted by Gasteiger charge is -2.38. The third-order valence-electron chi connectivity index (χ3n) is 6.37. The zero-order valence-corrected chi connectivity index (χ0v) is 16.4. The fourth-order valence-corrected chi connectivity index (χ4v) is 5.08. The van der Waals surface area contributed by atoms with E-state index in [-0.39, 0.29) is 11.9 Å². The van der Waals surface area contributed by atoms with Gasteiger partial charge in [-0.05, 0) is 37.0 Å². The Bertz CT molecular complexity index is 945. The van der Waals surface area contributed by atoms with E-state index in [0.717, 1.165) is 11.8 Å². The van der Waals surface area contributed by atoms with E-state index in [9.17, 15) is 13.6 Å². The van der Waals surface area contributed by atoms with Crippen molar-refractivity contribution in [3.63, 3.8) is 0 Å². The van der Waals surface area contributed by atoms with Crippen molar-refractivity contribution in [3.05, 3.63) is 52.8 Å². The third-order valence-corrected chi connectivity index (χ3v) is 6.56. The van der Waals surface area contributed by atoms with Crippen molar-refractivity contribution >= 4 is 23.2 Å². The van der Waals surface area contributed by atoms with Crippen LogP contribution in [0.25, 0.3) is 0 Å². The van der Waals surface area contributed by atoms with E-state index in [4.69, 9.17) is 11.6 Å². The van der Waals surface area contributed by atoms with Gasteiger partial charge in [-0.1, -0.05) is 11.6 Å². The van der Waals surface area contributed by atoms with Crippen LogP contribution in [-0.2, 0) is 4.79 Å². The second kappa shape index (κ2) is 6.88. The summed E-state index contributed by atoms with van der Waals surface area (Å²) in [6.07, 6.45) is 3.78. The van der Waals surface area contributed by atoms with Crippen molar-refractivity contribution in [2.75, 3.05) is 31.1 Å². The van der Waals surface area contributed by atoms with Gasteiger partial charge < -0.3 is 4.90 Å². The average Bonchev–Trinajstić information content (AvgIpc) is 3.20. The van der Waals surface area contributed by atoms with E-state index in [1.54, 1.807) is 17.3 Å². The number of amides is 1. The molecule has 0 bridgehead atoms. The Morgan fingerprint density at radius 2 is 1.79 bits per heavy atom. The second-order valence-corrected chi connectivity index (χ2v) is 8.44. The van der Waals surface area contributed by atoms with Crippen molar-refractivity contribution in [1.82, 2.24) is 20.2 Å². The van der Waals surface area contributed by atoms with Gasteiger partial charge >= 0.3 is 0 Å². The first-order valence-corrected chi connectivity index (χ1v) is 10.1. The molecule has 4 heterocycles. The maximum atomic E-state index is 13.7. The maximum absolute atomic E-state index is 13.7. The number of hydrazine groups is 1. The quantitative estimate of drug-likeness (QED) is 0.748. The summed E-state index contributed by atoms with van der Waals surface area (Å²) in [4.78, 5) is 15.6. The summed E-state index contributed by atoms with van der Waals surface area (Å²) in [6.45, 7) is 2.80. The van der Waals surface area contributed by atoms with E-state index in [0.29, 0.717) is 56.2 Å². The molecule has 1 amide bonds. The second-order valence-electron chi connectivity index (χ2n) is 8.05. The standard InChI is InChI=1S/C20H20ClF2N5O/c21-18-10-16(11-24-25-18)26-5-2-20(3-6-26)12-27-4-1-17(28(27)19(20)29)13-7-14(22)9-15(23)8-13/h7-11,17H,1-6,12H2/t17-/m0/s1. The van der Waals surface area contributed by atoms with Gasteiger partial charge in [0, 0.05) is 38.3 Å². The third kappa shape index (κ3) is 3.14. The molecule has 29 heavy (non-hydrogen) atoms. The highest BCUT2D eigenvalue weighted by atomic mass is 35.5. The molecule has 9 heteroatoms. The van der Waals surface area contributed by atoms with Gasteiger partial charge in [0.2, 0.25) is 5.91 Å². The van der Waals surface area contributed by atoms with Gasteiger partial charge in [0.05, 0.1) is 23.3 Å². The Morgan fingerprint density at radius 3 is 2.48 bits per heavy atom. The molecule has 2 aromatic rings. The lowest BCUT2D eigenvalue weighted by Crippen LogP contribution is -2.46. The molecule has 3 aliphatic heterocycles. The molecule has 1 atom stereocenters.